The van der Waals surface area contributed by atoms with Crippen molar-refractivity contribution in [3.8, 4) is 0 Å². The number of carbonyl (C=O) groups excluding carboxylic acids is 1. The second kappa shape index (κ2) is 11.7. The number of carbonyl (C=O) groups is 1. The zero-order valence-electron chi connectivity index (χ0n) is 29.8. The first-order valence-corrected chi connectivity index (χ1v) is 19.1. The fourth-order valence-electron chi connectivity index (χ4n) is 11.9. The molecule has 10 heteroatoms. The molecule has 1 unspecified atom stereocenters. The molecule has 1 aromatic rings. The van der Waals surface area contributed by atoms with Crippen LogP contribution in [0.25, 0.3) is 0 Å². The van der Waals surface area contributed by atoms with Gasteiger partial charge in [0.05, 0.1) is 11.7 Å². The van der Waals surface area contributed by atoms with Crippen molar-refractivity contribution in [2.45, 2.75) is 153 Å². The molecule has 0 radical (unpaired) electrons. The van der Waals surface area contributed by atoms with E-state index in [9.17, 15) is 4.79 Å². The van der Waals surface area contributed by atoms with E-state index in [0.29, 0.717) is 23.8 Å². The Balaban J connectivity index is 1.06. The van der Waals surface area contributed by atoms with Crippen LogP contribution in [0, 0.1) is 47.3 Å². The summed E-state index contributed by atoms with van der Waals surface area (Å²) in [6, 6.07) is 9.22. The molecule has 10 aliphatic rings. The van der Waals surface area contributed by atoms with Gasteiger partial charge in [0.1, 0.15) is 12.2 Å². The normalized spacial score (nSPS) is 53.4. The lowest BCUT2D eigenvalue weighted by molar-refractivity contribution is -0.573. The molecule has 2 spiro atoms. The molecule has 2 saturated carbocycles. The molecule has 0 N–H and O–H groups in total. The maximum absolute atomic E-state index is 13.9. The SMILES string of the molecule is C[C@H]1[C@@H](C[C@H](OC(=O)c2ccccc2)C2O[C@@H]3O[C@]4(C)CC[C@H]5[C@H](C)CC[C@@H]([C@H]2C)[C@@]35OO4)O[C@@H]2O[C@]3(C)CC[C@H]4[C@H](C)CC[C@@H]1[C@@]24OO3. The van der Waals surface area contributed by atoms with Gasteiger partial charge in [-0.05, 0) is 100 Å². The molecular weight excluding hydrogens is 628 g/mol. The number of esters is 1. The first-order chi connectivity index (χ1) is 23.5. The maximum atomic E-state index is 13.9. The van der Waals surface area contributed by atoms with E-state index in [4.69, 9.17) is 43.2 Å². The monoisotopic (exact) mass is 682 g/mol. The van der Waals surface area contributed by atoms with E-state index in [1.54, 1.807) is 12.1 Å². The predicted octanol–water partition coefficient (Wildman–Crippen LogP) is 7.10. The first kappa shape index (κ1) is 33.2. The Morgan fingerprint density at radius 1 is 0.714 bits per heavy atom. The number of ether oxygens (including phenoxy) is 5. The van der Waals surface area contributed by atoms with Gasteiger partial charge in [-0.15, -0.1) is 0 Å². The van der Waals surface area contributed by atoms with E-state index in [1.807, 2.05) is 32.0 Å². The molecule has 49 heavy (non-hydrogen) atoms. The van der Waals surface area contributed by atoms with Crippen molar-refractivity contribution < 1.29 is 48.0 Å². The van der Waals surface area contributed by atoms with Crippen molar-refractivity contribution in [1.82, 2.24) is 0 Å². The predicted molar refractivity (Wildman–Crippen MR) is 174 cm³/mol. The Hall–Kier alpha value is -1.63. The van der Waals surface area contributed by atoms with Crippen LogP contribution in [0.3, 0.4) is 0 Å². The van der Waals surface area contributed by atoms with E-state index in [0.717, 1.165) is 51.4 Å². The summed E-state index contributed by atoms with van der Waals surface area (Å²) in [5.41, 5.74) is -0.849. The smallest absolute Gasteiger partial charge is 0.338 e. The van der Waals surface area contributed by atoms with Gasteiger partial charge in [-0.1, -0.05) is 45.9 Å². The number of rotatable bonds is 5. The number of hydrogen-bond donors (Lipinski definition) is 0. The molecule has 8 heterocycles. The Kier molecular flexibility index (Phi) is 7.92. The average Bonchev–Trinajstić information content (AvgIpc) is 3.46. The van der Waals surface area contributed by atoms with Gasteiger partial charge in [-0.25, -0.2) is 24.3 Å². The molecule has 10 nitrogen and oxygen atoms in total. The lowest BCUT2D eigenvalue weighted by atomic mass is 9.56. The van der Waals surface area contributed by atoms with Crippen LogP contribution in [0.2, 0.25) is 0 Å². The average molecular weight is 683 g/mol. The summed E-state index contributed by atoms with van der Waals surface area (Å²) < 4.78 is 34.1. The molecule has 1 aromatic carbocycles. The van der Waals surface area contributed by atoms with Crippen LogP contribution in [0.1, 0.15) is 110 Å². The Morgan fingerprint density at radius 2 is 1.27 bits per heavy atom. The molecule has 8 aliphatic heterocycles. The van der Waals surface area contributed by atoms with Crippen LogP contribution in [0.4, 0.5) is 0 Å². The van der Waals surface area contributed by atoms with Crippen molar-refractivity contribution in [2.24, 2.45) is 47.3 Å². The first-order valence-electron chi connectivity index (χ1n) is 19.1. The zero-order valence-corrected chi connectivity index (χ0v) is 29.8. The molecule has 0 amide bonds. The summed E-state index contributed by atoms with van der Waals surface area (Å²) in [4.78, 5) is 38.9. The Bertz CT molecular complexity index is 1430. The number of fused-ring (bicyclic) bond motifs is 4. The molecule has 4 bridgehead atoms. The van der Waals surface area contributed by atoms with Gasteiger partial charge in [0.25, 0.3) is 0 Å². The van der Waals surface area contributed by atoms with Gasteiger partial charge in [0, 0.05) is 31.1 Å². The van der Waals surface area contributed by atoms with Crippen molar-refractivity contribution >= 4 is 5.97 Å². The molecule has 270 valence electrons. The van der Waals surface area contributed by atoms with Gasteiger partial charge >= 0.3 is 5.97 Å². The second-order valence-corrected chi connectivity index (χ2v) is 17.4. The minimum Gasteiger partial charge on any atom is -0.456 e. The Morgan fingerprint density at radius 3 is 1.86 bits per heavy atom. The highest BCUT2D eigenvalue weighted by Crippen LogP contribution is 2.63. The summed E-state index contributed by atoms with van der Waals surface area (Å²) in [5.74, 6) is -0.272. The molecule has 8 saturated heterocycles. The number of benzene rings is 1. The summed E-state index contributed by atoms with van der Waals surface area (Å²) in [7, 11) is 0. The standard InChI is InChI=1S/C39H54O10/c1-21-12-14-28-23(3)30(42-34-38(28)26(21)16-18-36(5,44-34)46-48-38)20-31(41-33(40)25-10-8-7-9-11-25)32-24(4)29-15-13-22(2)27-17-19-37(6)45-35(43-32)39(27,29)49-47-37/h7-11,21-24,26-32,34-35H,12-20H2,1-6H3/t21-,22-,23-,24-,26+,27+,28+,29+,30-,31+,32?,34-,35-,36+,37+,38-,39-/m1/s1. The molecule has 10 fully saturated rings. The van der Waals surface area contributed by atoms with E-state index >= 15 is 0 Å². The number of hydrogen-bond acceptors (Lipinski definition) is 10. The van der Waals surface area contributed by atoms with Crippen LogP contribution >= 0.6 is 0 Å². The van der Waals surface area contributed by atoms with Crippen LogP contribution < -0.4 is 0 Å². The van der Waals surface area contributed by atoms with Crippen molar-refractivity contribution in [3.63, 3.8) is 0 Å². The molecular formula is C39H54O10. The third kappa shape index (κ3) is 4.91. The zero-order chi connectivity index (χ0) is 33.9. The van der Waals surface area contributed by atoms with Crippen molar-refractivity contribution in [2.75, 3.05) is 0 Å². The van der Waals surface area contributed by atoms with Crippen molar-refractivity contribution in [3.05, 3.63) is 35.9 Å². The van der Waals surface area contributed by atoms with E-state index in [2.05, 4.69) is 27.7 Å². The van der Waals surface area contributed by atoms with E-state index in [-0.39, 0.29) is 47.6 Å². The fourth-order valence-corrected chi connectivity index (χ4v) is 11.9. The minimum absolute atomic E-state index is 0.000386. The lowest BCUT2D eigenvalue weighted by Gasteiger charge is -2.62. The molecule has 2 aliphatic carbocycles. The topological polar surface area (TPSA) is 100 Å². The lowest BCUT2D eigenvalue weighted by Crippen LogP contribution is -2.72. The van der Waals surface area contributed by atoms with E-state index < -0.39 is 47.6 Å². The third-order valence-electron chi connectivity index (χ3n) is 14.6. The highest BCUT2D eigenvalue weighted by Gasteiger charge is 2.72. The Labute approximate surface area is 289 Å². The van der Waals surface area contributed by atoms with E-state index in [1.165, 1.54) is 0 Å². The molecule has 11 rings (SSSR count). The van der Waals surface area contributed by atoms with Crippen LogP contribution in [-0.2, 0) is 43.2 Å². The van der Waals surface area contributed by atoms with Gasteiger partial charge in [0.2, 0.25) is 11.6 Å². The van der Waals surface area contributed by atoms with Gasteiger partial charge < -0.3 is 23.7 Å². The van der Waals surface area contributed by atoms with Crippen LogP contribution in [-0.4, -0.2) is 59.6 Å². The highest BCUT2D eigenvalue weighted by atomic mass is 17.3. The quantitative estimate of drug-likeness (QED) is 0.236. The summed E-state index contributed by atoms with van der Waals surface area (Å²) in [5, 5.41) is 0. The minimum atomic E-state index is -0.892. The summed E-state index contributed by atoms with van der Waals surface area (Å²) >= 11 is 0. The maximum Gasteiger partial charge on any atom is 0.338 e. The summed E-state index contributed by atoms with van der Waals surface area (Å²) in [6.07, 6.45) is 5.57. The van der Waals surface area contributed by atoms with Gasteiger partial charge in [-0.3, -0.25) is 0 Å². The van der Waals surface area contributed by atoms with Gasteiger partial charge in [-0.2, -0.15) is 0 Å². The molecule has 0 aromatic heterocycles. The third-order valence-corrected chi connectivity index (χ3v) is 14.6. The van der Waals surface area contributed by atoms with Crippen molar-refractivity contribution in [1.29, 1.82) is 0 Å². The highest BCUT2D eigenvalue weighted by molar-refractivity contribution is 5.89. The second-order valence-electron chi connectivity index (χ2n) is 17.4. The summed E-state index contributed by atoms with van der Waals surface area (Å²) in [6.45, 7) is 13.0. The van der Waals surface area contributed by atoms with Crippen LogP contribution in [0.15, 0.2) is 30.3 Å². The fraction of sp³-hybridized carbons (Fsp3) is 0.821. The largest absolute Gasteiger partial charge is 0.456 e. The molecule has 17 atom stereocenters. The van der Waals surface area contributed by atoms with Gasteiger partial charge in [0.15, 0.2) is 23.8 Å². The van der Waals surface area contributed by atoms with Crippen LogP contribution in [0.5, 0.6) is 0 Å².